The highest BCUT2D eigenvalue weighted by Crippen LogP contribution is 2.13. The summed E-state index contributed by atoms with van der Waals surface area (Å²) >= 11 is 0. The van der Waals surface area contributed by atoms with Crippen LogP contribution < -0.4 is 5.32 Å². The Kier molecular flexibility index (Phi) is 2.98. The topological polar surface area (TPSA) is 24.5 Å². The van der Waals surface area contributed by atoms with Crippen molar-refractivity contribution in [2.24, 2.45) is 5.92 Å². The lowest BCUT2D eigenvalue weighted by molar-refractivity contribution is 0.160. The fourth-order valence-electron chi connectivity index (χ4n) is 1.99. The summed E-state index contributed by atoms with van der Waals surface area (Å²) < 4.78 is 5.36. The molecule has 12 heavy (non-hydrogen) atoms. The van der Waals surface area contributed by atoms with E-state index in [0.717, 1.165) is 32.2 Å². The molecular weight excluding hydrogens is 152 g/mol. The molecule has 2 heterocycles. The highest BCUT2D eigenvalue weighted by molar-refractivity contribution is 4.73. The summed E-state index contributed by atoms with van der Waals surface area (Å²) in [5.41, 5.74) is 0. The summed E-state index contributed by atoms with van der Waals surface area (Å²) in [6, 6.07) is 0. The number of ether oxygens (including phenoxy) is 1. The predicted octanol–water partition coefficient (Wildman–Crippen LogP) is -0.0719. The highest BCUT2D eigenvalue weighted by atomic mass is 16.5. The van der Waals surface area contributed by atoms with Crippen LogP contribution in [-0.4, -0.2) is 50.8 Å². The summed E-state index contributed by atoms with van der Waals surface area (Å²) in [6.45, 7) is 7.98. The lowest BCUT2D eigenvalue weighted by atomic mass is 10.1. The molecule has 2 saturated heterocycles. The van der Waals surface area contributed by atoms with Crippen molar-refractivity contribution < 1.29 is 4.74 Å². The number of nitrogens with one attached hydrogen (secondary N) is 1. The quantitative estimate of drug-likeness (QED) is 0.628. The number of hydrogen-bond acceptors (Lipinski definition) is 3. The van der Waals surface area contributed by atoms with E-state index < -0.39 is 0 Å². The number of piperazine rings is 1. The molecule has 2 fully saturated rings. The normalized spacial score (nSPS) is 32.5. The molecule has 3 nitrogen and oxygen atoms in total. The summed E-state index contributed by atoms with van der Waals surface area (Å²) in [4.78, 5) is 2.55. The van der Waals surface area contributed by atoms with Crippen molar-refractivity contribution in [2.75, 3.05) is 45.9 Å². The van der Waals surface area contributed by atoms with Crippen molar-refractivity contribution in [2.45, 2.75) is 6.42 Å². The van der Waals surface area contributed by atoms with Crippen LogP contribution in [0.3, 0.4) is 0 Å². The molecule has 0 spiro atoms. The van der Waals surface area contributed by atoms with E-state index in [-0.39, 0.29) is 0 Å². The number of rotatable bonds is 2. The standard InChI is InChI=1S/C9H18N2O/c1-6-12-8-9(1)7-11-4-2-10-3-5-11/h9-10H,1-8H2. The largest absolute Gasteiger partial charge is 0.381 e. The van der Waals surface area contributed by atoms with E-state index in [2.05, 4.69) is 10.2 Å². The zero-order valence-electron chi connectivity index (χ0n) is 7.59. The second kappa shape index (κ2) is 4.21. The molecule has 1 N–H and O–H groups in total. The van der Waals surface area contributed by atoms with Gasteiger partial charge in [0.25, 0.3) is 0 Å². The Hall–Kier alpha value is -0.120. The summed E-state index contributed by atoms with van der Waals surface area (Å²) in [5.74, 6) is 0.808. The summed E-state index contributed by atoms with van der Waals surface area (Å²) in [6.07, 6.45) is 1.27. The van der Waals surface area contributed by atoms with Crippen LogP contribution in [-0.2, 0) is 4.74 Å². The van der Waals surface area contributed by atoms with Crippen LogP contribution in [0.1, 0.15) is 6.42 Å². The molecule has 0 bridgehead atoms. The first-order valence-electron chi connectivity index (χ1n) is 4.96. The minimum absolute atomic E-state index is 0.808. The molecule has 0 amide bonds. The minimum atomic E-state index is 0.808. The minimum Gasteiger partial charge on any atom is -0.381 e. The molecule has 0 aromatic heterocycles. The van der Waals surface area contributed by atoms with Gasteiger partial charge in [0.1, 0.15) is 0 Å². The Bertz CT molecular complexity index is 128. The van der Waals surface area contributed by atoms with Gasteiger partial charge in [-0.1, -0.05) is 0 Å². The average Bonchev–Trinajstić information content (AvgIpc) is 2.59. The van der Waals surface area contributed by atoms with Crippen LogP contribution in [0, 0.1) is 5.92 Å². The van der Waals surface area contributed by atoms with Crippen LogP contribution in [0.5, 0.6) is 0 Å². The fourth-order valence-corrected chi connectivity index (χ4v) is 1.99. The monoisotopic (exact) mass is 170 g/mol. The third-order valence-corrected chi connectivity index (χ3v) is 2.75. The lowest BCUT2D eigenvalue weighted by Crippen LogP contribution is -2.45. The van der Waals surface area contributed by atoms with Gasteiger partial charge in [0.2, 0.25) is 0 Å². The Balaban J connectivity index is 1.69. The van der Waals surface area contributed by atoms with Crippen molar-refractivity contribution in [1.82, 2.24) is 10.2 Å². The van der Waals surface area contributed by atoms with Gasteiger partial charge in [-0.2, -0.15) is 0 Å². The first kappa shape index (κ1) is 8.48. The van der Waals surface area contributed by atoms with E-state index >= 15 is 0 Å². The molecule has 2 rings (SSSR count). The van der Waals surface area contributed by atoms with E-state index in [4.69, 9.17) is 4.74 Å². The fraction of sp³-hybridized carbons (Fsp3) is 1.00. The Labute approximate surface area is 74.1 Å². The zero-order chi connectivity index (χ0) is 8.23. The van der Waals surface area contributed by atoms with E-state index in [1.807, 2.05) is 0 Å². The maximum atomic E-state index is 5.36. The summed E-state index contributed by atoms with van der Waals surface area (Å²) in [5, 5.41) is 3.37. The molecule has 0 radical (unpaired) electrons. The summed E-state index contributed by atoms with van der Waals surface area (Å²) in [7, 11) is 0. The van der Waals surface area contributed by atoms with Crippen LogP contribution in [0.25, 0.3) is 0 Å². The van der Waals surface area contributed by atoms with Crippen molar-refractivity contribution in [3.05, 3.63) is 0 Å². The van der Waals surface area contributed by atoms with Gasteiger partial charge in [-0.15, -0.1) is 0 Å². The molecule has 3 heteroatoms. The maximum Gasteiger partial charge on any atom is 0.0507 e. The van der Waals surface area contributed by atoms with Crippen LogP contribution in [0.15, 0.2) is 0 Å². The first-order chi connectivity index (χ1) is 5.95. The van der Waals surface area contributed by atoms with Crippen molar-refractivity contribution in [1.29, 1.82) is 0 Å². The molecule has 2 aliphatic rings. The smallest absolute Gasteiger partial charge is 0.0507 e. The predicted molar refractivity (Wildman–Crippen MR) is 48.2 cm³/mol. The van der Waals surface area contributed by atoms with Crippen LogP contribution in [0.2, 0.25) is 0 Å². The maximum absolute atomic E-state index is 5.36. The molecule has 70 valence electrons. The molecule has 0 aromatic rings. The lowest BCUT2D eigenvalue weighted by Gasteiger charge is -2.28. The van der Waals surface area contributed by atoms with Gasteiger partial charge in [-0.05, 0) is 12.3 Å². The molecular formula is C9H18N2O. The SMILES string of the molecule is C1CN(CC2CCOC2)CCN1. The highest BCUT2D eigenvalue weighted by Gasteiger charge is 2.19. The molecule has 1 unspecified atom stereocenters. The Morgan fingerprint density at radius 3 is 2.83 bits per heavy atom. The Morgan fingerprint density at radius 1 is 1.33 bits per heavy atom. The van der Waals surface area contributed by atoms with E-state index in [1.165, 1.54) is 26.1 Å². The second-order valence-electron chi connectivity index (χ2n) is 3.78. The van der Waals surface area contributed by atoms with E-state index in [1.54, 1.807) is 0 Å². The van der Waals surface area contributed by atoms with Gasteiger partial charge >= 0.3 is 0 Å². The molecule has 0 aromatic carbocycles. The van der Waals surface area contributed by atoms with Crippen molar-refractivity contribution in [3.63, 3.8) is 0 Å². The van der Waals surface area contributed by atoms with E-state index in [9.17, 15) is 0 Å². The third-order valence-electron chi connectivity index (χ3n) is 2.75. The Morgan fingerprint density at radius 2 is 2.17 bits per heavy atom. The zero-order valence-corrected chi connectivity index (χ0v) is 7.59. The van der Waals surface area contributed by atoms with Gasteiger partial charge in [0, 0.05) is 39.3 Å². The third kappa shape index (κ3) is 2.19. The molecule has 0 saturated carbocycles. The van der Waals surface area contributed by atoms with Crippen LogP contribution in [0.4, 0.5) is 0 Å². The van der Waals surface area contributed by atoms with Crippen LogP contribution >= 0.6 is 0 Å². The van der Waals surface area contributed by atoms with Gasteiger partial charge in [0.05, 0.1) is 6.61 Å². The van der Waals surface area contributed by atoms with E-state index in [0.29, 0.717) is 0 Å². The van der Waals surface area contributed by atoms with Crippen molar-refractivity contribution >= 4 is 0 Å². The van der Waals surface area contributed by atoms with Gasteiger partial charge in [0.15, 0.2) is 0 Å². The molecule has 0 aliphatic carbocycles. The number of hydrogen-bond donors (Lipinski definition) is 1. The average molecular weight is 170 g/mol. The number of nitrogens with zero attached hydrogens (tertiary/aromatic N) is 1. The first-order valence-corrected chi connectivity index (χ1v) is 4.96. The molecule has 2 aliphatic heterocycles. The van der Waals surface area contributed by atoms with Gasteiger partial charge in [-0.25, -0.2) is 0 Å². The van der Waals surface area contributed by atoms with Crippen molar-refractivity contribution in [3.8, 4) is 0 Å². The van der Waals surface area contributed by atoms with Gasteiger partial charge < -0.3 is 15.0 Å². The molecule has 1 atom stereocenters. The second-order valence-corrected chi connectivity index (χ2v) is 3.78. The van der Waals surface area contributed by atoms with Gasteiger partial charge in [-0.3, -0.25) is 0 Å².